The lowest BCUT2D eigenvalue weighted by molar-refractivity contribution is -0.143. The molecule has 0 heterocycles. The van der Waals surface area contributed by atoms with Gasteiger partial charge in [-0.2, -0.15) is 0 Å². The smallest absolute Gasteiger partial charge is 0.305 e. The maximum Gasteiger partial charge on any atom is 0.305 e. The first-order chi connectivity index (χ1) is 8.87. The van der Waals surface area contributed by atoms with Crippen molar-refractivity contribution >= 4 is 21.7 Å². The summed E-state index contributed by atoms with van der Waals surface area (Å²) in [4.78, 5) is 21.5. The highest BCUT2D eigenvalue weighted by Crippen LogP contribution is 1.94. The van der Waals surface area contributed by atoms with E-state index in [-0.39, 0.29) is 23.9 Å². The molecule has 112 valence electrons. The van der Waals surface area contributed by atoms with Gasteiger partial charge in [-0.1, -0.05) is 0 Å². The standard InChI is InChI=1S/C11H22N2O5S/c1-2-18-11(15)4-3-6-13-7-9-19(16,17)8-5-10(12)14/h13H,2-9H2,1H3,(H2,12,14). The van der Waals surface area contributed by atoms with E-state index in [9.17, 15) is 18.0 Å². The van der Waals surface area contributed by atoms with Crippen LogP contribution in [0.1, 0.15) is 26.2 Å². The predicted molar refractivity (Wildman–Crippen MR) is 71.2 cm³/mol. The van der Waals surface area contributed by atoms with Crippen LogP contribution in [0.5, 0.6) is 0 Å². The molecule has 0 unspecified atom stereocenters. The number of hydrogen-bond donors (Lipinski definition) is 2. The first-order valence-corrected chi connectivity index (χ1v) is 8.04. The van der Waals surface area contributed by atoms with Crippen LogP contribution in [0.25, 0.3) is 0 Å². The molecule has 0 saturated heterocycles. The minimum atomic E-state index is -3.24. The molecule has 0 rings (SSSR count). The number of nitrogens with two attached hydrogens (primary N) is 1. The number of ether oxygens (including phenoxy) is 1. The lowest BCUT2D eigenvalue weighted by Crippen LogP contribution is -2.27. The number of rotatable bonds is 11. The quantitative estimate of drug-likeness (QED) is 0.381. The van der Waals surface area contributed by atoms with Gasteiger partial charge in [0.25, 0.3) is 0 Å². The number of amides is 1. The van der Waals surface area contributed by atoms with E-state index in [0.29, 0.717) is 32.5 Å². The second kappa shape index (κ2) is 9.74. The van der Waals surface area contributed by atoms with Crippen molar-refractivity contribution in [1.82, 2.24) is 5.32 Å². The summed E-state index contributed by atoms with van der Waals surface area (Å²) >= 11 is 0. The van der Waals surface area contributed by atoms with E-state index in [1.54, 1.807) is 6.92 Å². The molecule has 0 bridgehead atoms. The number of hydrogen-bond acceptors (Lipinski definition) is 6. The molecule has 0 atom stereocenters. The Morgan fingerprint density at radius 1 is 1.16 bits per heavy atom. The van der Waals surface area contributed by atoms with Gasteiger partial charge in [-0.3, -0.25) is 9.59 Å². The topological polar surface area (TPSA) is 116 Å². The van der Waals surface area contributed by atoms with E-state index in [0.717, 1.165) is 0 Å². The molecule has 8 heteroatoms. The number of nitrogens with one attached hydrogen (secondary N) is 1. The number of sulfone groups is 1. The van der Waals surface area contributed by atoms with Crippen molar-refractivity contribution in [3.05, 3.63) is 0 Å². The van der Waals surface area contributed by atoms with E-state index in [1.807, 2.05) is 0 Å². The van der Waals surface area contributed by atoms with Crippen LogP contribution < -0.4 is 11.1 Å². The minimum absolute atomic E-state index is 0.0420. The van der Waals surface area contributed by atoms with Gasteiger partial charge < -0.3 is 15.8 Å². The predicted octanol–water partition coefficient (Wildman–Crippen LogP) is -0.790. The van der Waals surface area contributed by atoms with Gasteiger partial charge in [0.1, 0.15) is 0 Å². The van der Waals surface area contributed by atoms with Crippen molar-refractivity contribution in [1.29, 1.82) is 0 Å². The van der Waals surface area contributed by atoms with Gasteiger partial charge in [0.2, 0.25) is 5.91 Å². The van der Waals surface area contributed by atoms with Crippen LogP contribution in [0.3, 0.4) is 0 Å². The Morgan fingerprint density at radius 2 is 1.84 bits per heavy atom. The van der Waals surface area contributed by atoms with Crippen molar-refractivity contribution in [3.8, 4) is 0 Å². The Balaban J connectivity index is 3.58. The number of primary amides is 1. The van der Waals surface area contributed by atoms with Gasteiger partial charge in [-0.25, -0.2) is 8.42 Å². The van der Waals surface area contributed by atoms with Gasteiger partial charge in [0.05, 0.1) is 18.1 Å². The summed E-state index contributed by atoms with van der Waals surface area (Å²) in [6.07, 6.45) is 0.765. The Hall–Kier alpha value is -1.15. The van der Waals surface area contributed by atoms with Crippen molar-refractivity contribution < 1.29 is 22.7 Å². The number of esters is 1. The van der Waals surface area contributed by atoms with E-state index in [1.165, 1.54) is 0 Å². The summed E-state index contributed by atoms with van der Waals surface area (Å²) in [5.74, 6) is -1.13. The maximum absolute atomic E-state index is 11.4. The normalized spacial score (nSPS) is 11.2. The summed E-state index contributed by atoms with van der Waals surface area (Å²) < 4.78 is 27.6. The molecule has 0 aromatic heterocycles. The second-order valence-corrected chi connectivity index (χ2v) is 6.33. The highest BCUT2D eigenvalue weighted by molar-refractivity contribution is 7.91. The fourth-order valence-electron chi connectivity index (χ4n) is 1.30. The third-order valence-electron chi connectivity index (χ3n) is 2.29. The average molecular weight is 294 g/mol. The van der Waals surface area contributed by atoms with Crippen LogP contribution in [0, 0.1) is 0 Å². The lowest BCUT2D eigenvalue weighted by atomic mass is 10.3. The summed E-state index contributed by atoms with van der Waals surface area (Å²) in [5.41, 5.74) is 4.88. The van der Waals surface area contributed by atoms with Crippen molar-refractivity contribution in [2.45, 2.75) is 26.2 Å². The van der Waals surface area contributed by atoms with Gasteiger partial charge in [0, 0.05) is 19.4 Å². The molecule has 0 fully saturated rings. The van der Waals surface area contributed by atoms with Gasteiger partial charge in [-0.05, 0) is 19.9 Å². The van der Waals surface area contributed by atoms with Crippen LogP contribution in [-0.2, 0) is 24.2 Å². The van der Waals surface area contributed by atoms with E-state index >= 15 is 0 Å². The molecule has 1 amide bonds. The molecule has 0 aromatic rings. The van der Waals surface area contributed by atoms with E-state index in [2.05, 4.69) is 5.32 Å². The third kappa shape index (κ3) is 11.7. The van der Waals surface area contributed by atoms with E-state index < -0.39 is 15.7 Å². The Kier molecular flexibility index (Phi) is 9.15. The number of carbonyl (C=O) groups excluding carboxylic acids is 2. The SMILES string of the molecule is CCOC(=O)CCCNCCS(=O)(=O)CCC(N)=O. The van der Waals surface area contributed by atoms with Gasteiger partial charge in [-0.15, -0.1) is 0 Å². The van der Waals surface area contributed by atoms with Crippen LogP contribution in [0.2, 0.25) is 0 Å². The highest BCUT2D eigenvalue weighted by atomic mass is 32.2. The first-order valence-electron chi connectivity index (χ1n) is 6.22. The third-order valence-corrected chi connectivity index (χ3v) is 3.94. The summed E-state index contributed by atoms with van der Waals surface area (Å²) in [6, 6.07) is 0. The molecule has 0 aromatic carbocycles. The van der Waals surface area contributed by atoms with Crippen LogP contribution >= 0.6 is 0 Å². The Bertz CT molecular complexity index is 381. The summed E-state index contributed by atoms with van der Waals surface area (Å²) in [7, 11) is -3.24. The maximum atomic E-state index is 11.4. The van der Waals surface area contributed by atoms with Crippen molar-refractivity contribution in [2.24, 2.45) is 5.73 Å². The zero-order valence-electron chi connectivity index (χ0n) is 11.2. The first kappa shape index (κ1) is 17.8. The van der Waals surface area contributed by atoms with Crippen LogP contribution in [-0.4, -0.2) is 51.5 Å². The minimum Gasteiger partial charge on any atom is -0.466 e. The molecule has 7 nitrogen and oxygen atoms in total. The molecule has 0 radical (unpaired) electrons. The fourth-order valence-corrected chi connectivity index (χ4v) is 2.47. The zero-order valence-corrected chi connectivity index (χ0v) is 12.0. The highest BCUT2D eigenvalue weighted by Gasteiger charge is 2.11. The molecule has 0 aliphatic carbocycles. The van der Waals surface area contributed by atoms with Crippen LogP contribution in [0.4, 0.5) is 0 Å². The number of carbonyl (C=O) groups is 2. The zero-order chi connectivity index (χ0) is 14.7. The fraction of sp³-hybridized carbons (Fsp3) is 0.818. The Morgan fingerprint density at radius 3 is 2.42 bits per heavy atom. The lowest BCUT2D eigenvalue weighted by Gasteiger charge is -2.05. The average Bonchev–Trinajstić information content (AvgIpc) is 2.31. The monoisotopic (exact) mass is 294 g/mol. The largest absolute Gasteiger partial charge is 0.466 e. The molecule has 0 saturated carbocycles. The molecule has 3 N–H and O–H groups in total. The van der Waals surface area contributed by atoms with Crippen LogP contribution in [0.15, 0.2) is 0 Å². The van der Waals surface area contributed by atoms with Gasteiger partial charge in [0.15, 0.2) is 9.84 Å². The van der Waals surface area contributed by atoms with Gasteiger partial charge >= 0.3 is 5.97 Å². The van der Waals surface area contributed by atoms with E-state index in [4.69, 9.17) is 10.5 Å². The molecular formula is C11H22N2O5S. The Labute approximate surface area is 113 Å². The molecule has 0 aliphatic rings. The van der Waals surface area contributed by atoms with Crippen molar-refractivity contribution in [3.63, 3.8) is 0 Å². The molecular weight excluding hydrogens is 272 g/mol. The molecule has 0 spiro atoms. The molecule has 0 aliphatic heterocycles. The summed E-state index contributed by atoms with van der Waals surface area (Å²) in [6.45, 7) is 2.95. The summed E-state index contributed by atoms with van der Waals surface area (Å²) in [5, 5.41) is 2.92. The molecule has 19 heavy (non-hydrogen) atoms. The second-order valence-electron chi connectivity index (χ2n) is 4.03. The van der Waals surface area contributed by atoms with Crippen molar-refractivity contribution in [2.75, 3.05) is 31.2 Å².